The van der Waals surface area contributed by atoms with Gasteiger partial charge < -0.3 is 29.4 Å². The summed E-state index contributed by atoms with van der Waals surface area (Å²) in [7, 11) is -9.14. The highest BCUT2D eigenvalue weighted by atomic mass is 31.2. The monoisotopic (exact) mass is 298 g/mol. The van der Waals surface area contributed by atoms with Gasteiger partial charge in [0.1, 0.15) is 22.1 Å². The molecule has 0 aliphatic rings. The van der Waals surface area contributed by atoms with Gasteiger partial charge in [-0.05, 0) is 19.1 Å². The van der Waals surface area contributed by atoms with Crippen LogP contribution in [0.5, 0.6) is 11.5 Å². The molecule has 18 heavy (non-hydrogen) atoms. The van der Waals surface area contributed by atoms with Crippen LogP contribution < -0.4 is 10.6 Å². The molecule has 0 aromatic heterocycles. The largest absolute Gasteiger partial charge is 0.507 e. The molecule has 0 aliphatic heterocycles. The molecule has 0 fully saturated rings. The fraction of sp³-hybridized carbons (Fsp3) is 0.250. The summed E-state index contributed by atoms with van der Waals surface area (Å²) in [5.41, 5.74) is 0. The average molecular weight is 298 g/mol. The zero-order chi connectivity index (χ0) is 14.1. The first-order valence-corrected chi connectivity index (χ1v) is 7.88. The second-order valence-electron chi connectivity index (χ2n) is 3.31. The maximum atomic E-state index is 11.6. The van der Waals surface area contributed by atoms with Gasteiger partial charge in [0.15, 0.2) is 0 Å². The van der Waals surface area contributed by atoms with E-state index < -0.39 is 37.3 Å². The van der Waals surface area contributed by atoms with Gasteiger partial charge in [-0.3, -0.25) is 9.13 Å². The summed E-state index contributed by atoms with van der Waals surface area (Å²) in [5.74, 6) is -1.74. The zero-order valence-electron chi connectivity index (χ0n) is 9.22. The Kier molecular flexibility index (Phi) is 4.23. The Labute approximate surface area is 102 Å². The lowest BCUT2D eigenvalue weighted by molar-refractivity contribution is 0.283. The van der Waals surface area contributed by atoms with Crippen LogP contribution in [-0.4, -0.2) is 31.5 Å². The summed E-state index contributed by atoms with van der Waals surface area (Å²) in [4.78, 5) is 27.2. The molecule has 0 amide bonds. The number of aromatic hydroxyl groups is 2. The summed E-state index contributed by atoms with van der Waals surface area (Å²) in [5, 5.41) is 17.4. The van der Waals surface area contributed by atoms with Crippen molar-refractivity contribution in [1.29, 1.82) is 0 Å². The number of hydrogen-bond acceptors (Lipinski definition) is 5. The van der Waals surface area contributed by atoms with Crippen molar-refractivity contribution in [1.82, 2.24) is 0 Å². The van der Waals surface area contributed by atoms with E-state index in [0.717, 1.165) is 0 Å². The lowest BCUT2D eigenvalue weighted by atomic mass is 10.3. The lowest BCUT2D eigenvalue weighted by Crippen LogP contribution is -2.13. The standard InChI is InChI=1S/C8H12O8P2/c1-2-16-18(14,15)8-4-5(9)7(3-6(8)10)17(11,12)13/h3-4,9-10H,2H2,1H3,(H,14,15)(H2,11,12,13). The molecule has 0 aliphatic carbocycles. The zero-order valence-corrected chi connectivity index (χ0v) is 11.0. The third-order valence-electron chi connectivity index (χ3n) is 1.99. The summed E-state index contributed by atoms with van der Waals surface area (Å²) >= 11 is 0. The van der Waals surface area contributed by atoms with Crippen LogP contribution in [-0.2, 0) is 13.7 Å². The Morgan fingerprint density at radius 3 is 1.94 bits per heavy atom. The van der Waals surface area contributed by atoms with Gasteiger partial charge in [0.2, 0.25) is 0 Å². The number of phenolic OH excluding ortho intramolecular Hbond substituents is 2. The summed E-state index contributed by atoms with van der Waals surface area (Å²) in [6.45, 7) is 1.33. The molecule has 102 valence electrons. The molecule has 5 N–H and O–H groups in total. The summed E-state index contributed by atoms with van der Waals surface area (Å²) < 4.78 is 27.1. The highest BCUT2D eigenvalue weighted by Crippen LogP contribution is 2.46. The van der Waals surface area contributed by atoms with Gasteiger partial charge in [0, 0.05) is 0 Å². The summed E-state index contributed by atoms with van der Waals surface area (Å²) in [6.07, 6.45) is 0. The molecule has 1 aromatic rings. The fourth-order valence-electron chi connectivity index (χ4n) is 1.26. The SMILES string of the molecule is CCOP(=O)(O)c1cc(O)c(P(=O)(O)O)cc1O. The van der Waals surface area contributed by atoms with E-state index in [9.17, 15) is 24.2 Å². The van der Waals surface area contributed by atoms with Crippen LogP contribution in [0, 0.1) is 0 Å². The van der Waals surface area contributed by atoms with Crippen molar-refractivity contribution in [2.45, 2.75) is 6.92 Å². The van der Waals surface area contributed by atoms with Gasteiger partial charge >= 0.3 is 15.2 Å². The fourth-order valence-corrected chi connectivity index (χ4v) is 3.04. The Morgan fingerprint density at radius 1 is 1.06 bits per heavy atom. The molecule has 1 atom stereocenters. The van der Waals surface area contributed by atoms with Crippen LogP contribution in [0.3, 0.4) is 0 Å². The van der Waals surface area contributed by atoms with Crippen molar-refractivity contribution in [2.24, 2.45) is 0 Å². The van der Waals surface area contributed by atoms with Crippen LogP contribution in [0.2, 0.25) is 0 Å². The lowest BCUT2D eigenvalue weighted by Gasteiger charge is -2.14. The second kappa shape index (κ2) is 5.01. The molecule has 1 aromatic carbocycles. The van der Waals surface area contributed by atoms with E-state index in [2.05, 4.69) is 4.52 Å². The van der Waals surface area contributed by atoms with Crippen molar-refractivity contribution < 1.29 is 38.5 Å². The average Bonchev–Trinajstić information content (AvgIpc) is 2.19. The maximum Gasteiger partial charge on any atom is 0.362 e. The van der Waals surface area contributed by atoms with Gasteiger partial charge in [-0.15, -0.1) is 0 Å². The number of benzene rings is 1. The highest BCUT2D eigenvalue weighted by Gasteiger charge is 2.31. The third-order valence-corrected chi connectivity index (χ3v) is 4.56. The van der Waals surface area contributed by atoms with Gasteiger partial charge in [0.25, 0.3) is 0 Å². The van der Waals surface area contributed by atoms with Gasteiger partial charge in [0.05, 0.1) is 6.61 Å². The van der Waals surface area contributed by atoms with E-state index in [-0.39, 0.29) is 6.61 Å². The van der Waals surface area contributed by atoms with Crippen LogP contribution >= 0.6 is 15.2 Å². The molecule has 10 heteroatoms. The topological polar surface area (TPSA) is 145 Å². The molecule has 0 spiro atoms. The first-order valence-electron chi connectivity index (χ1n) is 4.69. The Hall–Kier alpha value is -0.880. The van der Waals surface area contributed by atoms with Crippen LogP contribution in [0.1, 0.15) is 6.92 Å². The minimum absolute atomic E-state index is 0.117. The van der Waals surface area contributed by atoms with E-state index in [0.29, 0.717) is 12.1 Å². The molecule has 1 rings (SSSR count). The Morgan fingerprint density at radius 2 is 1.50 bits per heavy atom. The van der Waals surface area contributed by atoms with E-state index in [1.165, 1.54) is 6.92 Å². The Bertz CT molecular complexity index is 548. The van der Waals surface area contributed by atoms with Crippen LogP contribution in [0.4, 0.5) is 0 Å². The first-order chi connectivity index (χ1) is 8.09. The van der Waals surface area contributed by atoms with Gasteiger partial charge in [-0.2, -0.15) is 0 Å². The van der Waals surface area contributed by atoms with Crippen molar-refractivity contribution in [3.8, 4) is 11.5 Å². The molecule has 0 heterocycles. The molecule has 0 radical (unpaired) electrons. The van der Waals surface area contributed by atoms with E-state index in [4.69, 9.17) is 9.79 Å². The molecular formula is C8H12O8P2. The van der Waals surface area contributed by atoms with Crippen LogP contribution in [0.25, 0.3) is 0 Å². The third kappa shape index (κ3) is 3.11. The molecule has 0 saturated carbocycles. The van der Waals surface area contributed by atoms with Gasteiger partial charge in [-0.25, -0.2) is 0 Å². The number of rotatable bonds is 4. The van der Waals surface area contributed by atoms with E-state index in [1.807, 2.05) is 0 Å². The predicted molar refractivity (Wildman–Crippen MR) is 62.5 cm³/mol. The number of hydrogen-bond donors (Lipinski definition) is 5. The van der Waals surface area contributed by atoms with Crippen molar-refractivity contribution in [2.75, 3.05) is 6.61 Å². The van der Waals surface area contributed by atoms with Crippen molar-refractivity contribution >= 4 is 25.8 Å². The normalized spacial score (nSPS) is 15.3. The molecular weight excluding hydrogens is 286 g/mol. The quantitative estimate of drug-likeness (QED) is 0.378. The van der Waals surface area contributed by atoms with E-state index >= 15 is 0 Å². The van der Waals surface area contributed by atoms with Crippen LogP contribution in [0.15, 0.2) is 12.1 Å². The predicted octanol–water partition coefficient (Wildman–Crippen LogP) is -0.252. The minimum Gasteiger partial charge on any atom is -0.507 e. The highest BCUT2D eigenvalue weighted by molar-refractivity contribution is 7.62. The molecule has 0 bridgehead atoms. The maximum absolute atomic E-state index is 11.6. The first kappa shape index (κ1) is 15.2. The van der Waals surface area contributed by atoms with Crippen molar-refractivity contribution in [3.05, 3.63) is 12.1 Å². The molecule has 8 nitrogen and oxygen atoms in total. The second-order valence-corrected chi connectivity index (χ2v) is 6.66. The van der Waals surface area contributed by atoms with E-state index in [1.54, 1.807) is 0 Å². The van der Waals surface area contributed by atoms with Crippen molar-refractivity contribution in [3.63, 3.8) is 0 Å². The number of phenols is 2. The van der Waals surface area contributed by atoms with Gasteiger partial charge in [-0.1, -0.05) is 0 Å². The Balaban J connectivity index is 3.41. The molecule has 0 saturated heterocycles. The smallest absolute Gasteiger partial charge is 0.362 e. The summed E-state index contributed by atoms with van der Waals surface area (Å²) in [6, 6.07) is 1.13. The molecule has 1 unspecified atom stereocenters. The minimum atomic E-state index is -4.79.